The van der Waals surface area contributed by atoms with E-state index in [0.29, 0.717) is 16.7 Å². The van der Waals surface area contributed by atoms with Crippen LogP contribution in [0.1, 0.15) is 33.9 Å². The first-order valence-electron chi connectivity index (χ1n) is 11.5. The second kappa shape index (κ2) is 9.41. The van der Waals surface area contributed by atoms with Crippen LogP contribution in [0.2, 0.25) is 0 Å². The second-order valence-electron chi connectivity index (χ2n) is 8.68. The number of morpholine rings is 1. The Kier molecular flexibility index (Phi) is 6.58. The third kappa shape index (κ3) is 4.16. The summed E-state index contributed by atoms with van der Waals surface area (Å²) in [5.74, 6) is -0.508. The molecular weight excluding hydrogens is 418 g/mol. The summed E-state index contributed by atoms with van der Waals surface area (Å²) in [4.78, 5) is 28.6. The Morgan fingerprint density at radius 2 is 1.64 bits per heavy atom. The first-order chi connectivity index (χ1) is 15.8. The molecule has 1 aliphatic heterocycles. The quantitative estimate of drug-likeness (QED) is 0.598. The topological polar surface area (TPSA) is 87.4 Å². The number of hydrogen-bond donors (Lipinski definition) is 1. The van der Waals surface area contributed by atoms with Crippen LogP contribution in [0.3, 0.4) is 0 Å². The van der Waals surface area contributed by atoms with Gasteiger partial charge in [-0.25, -0.2) is 4.68 Å². The molecule has 8 nitrogen and oxygen atoms in total. The number of ether oxygens (including phenoxy) is 1. The molecule has 1 fully saturated rings. The summed E-state index contributed by atoms with van der Waals surface area (Å²) in [5, 5.41) is 0. The predicted octanol–water partition coefficient (Wildman–Crippen LogP) is 2.39. The fourth-order valence-electron chi connectivity index (χ4n) is 4.96. The van der Waals surface area contributed by atoms with Crippen molar-refractivity contribution >= 4 is 5.91 Å². The normalized spacial score (nSPS) is 14.7. The molecule has 1 aliphatic rings. The molecule has 1 saturated heterocycles. The number of nitrogens with zero attached hydrogens (tertiary/aromatic N) is 4. The van der Waals surface area contributed by atoms with Crippen LogP contribution in [0.4, 0.5) is 0 Å². The number of aromatic nitrogens is 3. The minimum Gasteiger partial charge on any atom is -0.379 e. The number of para-hydroxylation sites is 1. The average molecular weight is 452 g/mol. The lowest BCUT2D eigenvalue weighted by Crippen LogP contribution is -2.37. The van der Waals surface area contributed by atoms with Crippen molar-refractivity contribution in [1.29, 1.82) is 0 Å². The molecule has 2 aromatic heterocycles. The maximum absolute atomic E-state index is 13.6. The molecule has 0 spiro atoms. The number of amides is 1. The van der Waals surface area contributed by atoms with Gasteiger partial charge in [0.05, 0.1) is 30.0 Å². The fraction of sp³-hybridized carbons (Fsp3) is 0.440. The first kappa shape index (κ1) is 23.1. The van der Waals surface area contributed by atoms with E-state index >= 15 is 0 Å². The van der Waals surface area contributed by atoms with Gasteiger partial charge < -0.3 is 15.0 Å². The van der Waals surface area contributed by atoms with Crippen molar-refractivity contribution < 1.29 is 9.53 Å². The van der Waals surface area contributed by atoms with Crippen LogP contribution in [0, 0.1) is 20.8 Å². The molecule has 3 heterocycles. The summed E-state index contributed by atoms with van der Waals surface area (Å²) in [5.41, 5.74) is 10.6. The number of rotatable bonds is 7. The molecule has 3 aromatic rings. The molecule has 176 valence electrons. The summed E-state index contributed by atoms with van der Waals surface area (Å²) in [6, 6.07) is 9.52. The summed E-state index contributed by atoms with van der Waals surface area (Å²) in [6.45, 7) is 11.0. The van der Waals surface area contributed by atoms with Crippen LogP contribution in [-0.2, 0) is 18.3 Å². The van der Waals surface area contributed by atoms with Gasteiger partial charge in [0, 0.05) is 55.9 Å². The third-order valence-corrected chi connectivity index (χ3v) is 6.79. The zero-order valence-corrected chi connectivity index (χ0v) is 19.9. The van der Waals surface area contributed by atoms with Gasteiger partial charge in [-0.3, -0.25) is 19.2 Å². The Labute approximate surface area is 194 Å². The van der Waals surface area contributed by atoms with Gasteiger partial charge in [0.1, 0.15) is 0 Å². The number of primary amides is 1. The largest absolute Gasteiger partial charge is 0.379 e. The van der Waals surface area contributed by atoms with Crippen molar-refractivity contribution in [3.05, 3.63) is 63.3 Å². The highest BCUT2D eigenvalue weighted by Gasteiger charge is 2.28. The van der Waals surface area contributed by atoms with Gasteiger partial charge in [-0.15, -0.1) is 0 Å². The van der Waals surface area contributed by atoms with E-state index in [2.05, 4.69) is 9.47 Å². The van der Waals surface area contributed by atoms with Gasteiger partial charge in [-0.1, -0.05) is 18.2 Å². The minimum absolute atomic E-state index is 0.155. The summed E-state index contributed by atoms with van der Waals surface area (Å²) in [7, 11) is 1.86. The maximum Gasteiger partial charge on any atom is 0.279 e. The van der Waals surface area contributed by atoms with E-state index in [1.807, 2.05) is 62.8 Å². The number of hydrogen-bond acceptors (Lipinski definition) is 4. The summed E-state index contributed by atoms with van der Waals surface area (Å²) >= 11 is 0. The number of nitrogens with two attached hydrogens (primary N) is 1. The van der Waals surface area contributed by atoms with E-state index in [-0.39, 0.29) is 5.56 Å². The fourth-order valence-corrected chi connectivity index (χ4v) is 4.96. The standard InChI is InChI=1S/C25H33N5O3/c1-17-23(25(32)30(27(17)4)20-9-6-5-7-10-20)21-18(2)29(19(3)22(21)24(26)31)12-8-11-28-13-15-33-16-14-28/h5-7,9-10H,8,11-16H2,1-4H3,(H2,26,31). The number of benzene rings is 1. The third-order valence-electron chi connectivity index (χ3n) is 6.79. The Bertz CT molecular complexity index is 1210. The zero-order valence-electron chi connectivity index (χ0n) is 19.9. The van der Waals surface area contributed by atoms with Crippen LogP contribution >= 0.6 is 0 Å². The molecule has 33 heavy (non-hydrogen) atoms. The molecule has 2 N–H and O–H groups in total. The van der Waals surface area contributed by atoms with Gasteiger partial charge in [0.25, 0.3) is 11.5 Å². The average Bonchev–Trinajstić information content (AvgIpc) is 3.18. The van der Waals surface area contributed by atoms with Crippen LogP contribution in [0.15, 0.2) is 35.1 Å². The van der Waals surface area contributed by atoms with Crippen molar-refractivity contribution in [2.75, 3.05) is 32.8 Å². The van der Waals surface area contributed by atoms with Gasteiger partial charge >= 0.3 is 0 Å². The zero-order chi connectivity index (χ0) is 23.7. The van der Waals surface area contributed by atoms with E-state index in [0.717, 1.165) is 68.6 Å². The van der Waals surface area contributed by atoms with Gasteiger partial charge in [0.2, 0.25) is 0 Å². The highest BCUT2D eigenvalue weighted by atomic mass is 16.5. The summed E-state index contributed by atoms with van der Waals surface area (Å²) in [6.07, 6.45) is 0.940. The van der Waals surface area contributed by atoms with Gasteiger partial charge in [-0.2, -0.15) is 0 Å². The molecule has 0 bridgehead atoms. The molecule has 0 unspecified atom stereocenters. The molecule has 0 aliphatic carbocycles. The van der Waals surface area contributed by atoms with Crippen molar-refractivity contribution in [3.8, 4) is 16.8 Å². The van der Waals surface area contributed by atoms with E-state index in [1.54, 1.807) is 4.68 Å². The molecule has 0 radical (unpaired) electrons. The summed E-state index contributed by atoms with van der Waals surface area (Å²) < 4.78 is 11.0. The van der Waals surface area contributed by atoms with Gasteiger partial charge in [-0.05, 0) is 39.3 Å². The lowest BCUT2D eigenvalue weighted by atomic mass is 10.0. The molecule has 8 heteroatoms. The lowest BCUT2D eigenvalue weighted by molar-refractivity contribution is 0.0369. The molecule has 1 aromatic carbocycles. The number of carbonyl (C=O) groups is 1. The van der Waals surface area contributed by atoms with E-state index in [4.69, 9.17) is 10.5 Å². The highest BCUT2D eigenvalue weighted by molar-refractivity contribution is 6.02. The van der Waals surface area contributed by atoms with Crippen LogP contribution in [-0.4, -0.2) is 57.6 Å². The Morgan fingerprint density at radius 1 is 0.970 bits per heavy atom. The lowest BCUT2D eigenvalue weighted by Gasteiger charge is -2.26. The van der Waals surface area contributed by atoms with Crippen LogP contribution in [0.5, 0.6) is 0 Å². The second-order valence-corrected chi connectivity index (χ2v) is 8.68. The molecule has 4 rings (SSSR count). The molecule has 0 atom stereocenters. The van der Waals surface area contributed by atoms with Crippen molar-refractivity contribution in [2.45, 2.75) is 33.7 Å². The molecule has 1 amide bonds. The van der Waals surface area contributed by atoms with Crippen molar-refractivity contribution in [3.63, 3.8) is 0 Å². The number of carbonyl (C=O) groups excluding carboxylic acids is 1. The molecular formula is C25H33N5O3. The monoisotopic (exact) mass is 451 g/mol. The Balaban J connectivity index is 1.76. The van der Waals surface area contributed by atoms with Crippen LogP contribution in [0.25, 0.3) is 16.8 Å². The van der Waals surface area contributed by atoms with Gasteiger partial charge in [0.15, 0.2) is 0 Å². The van der Waals surface area contributed by atoms with E-state index in [1.165, 1.54) is 0 Å². The predicted molar refractivity (Wildman–Crippen MR) is 129 cm³/mol. The van der Waals surface area contributed by atoms with E-state index in [9.17, 15) is 9.59 Å². The first-order valence-corrected chi connectivity index (χ1v) is 11.5. The van der Waals surface area contributed by atoms with Crippen molar-refractivity contribution in [2.24, 2.45) is 12.8 Å². The smallest absolute Gasteiger partial charge is 0.279 e. The van der Waals surface area contributed by atoms with E-state index < -0.39 is 5.91 Å². The molecule has 0 saturated carbocycles. The SMILES string of the molecule is Cc1c(C(N)=O)c(-c2c(C)n(C)n(-c3ccccc3)c2=O)c(C)n1CCCN1CCOCC1. The Morgan fingerprint density at radius 3 is 2.27 bits per heavy atom. The van der Waals surface area contributed by atoms with Crippen LogP contribution < -0.4 is 11.3 Å². The maximum atomic E-state index is 13.6. The van der Waals surface area contributed by atoms with Crippen molar-refractivity contribution in [1.82, 2.24) is 18.8 Å². The Hall–Kier alpha value is -3.10. The minimum atomic E-state index is -0.508. The highest BCUT2D eigenvalue weighted by Crippen LogP contribution is 2.33.